The molecule has 0 spiro atoms. The zero-order valence-electron chi connectivity index (χ0n) is 33.5. The lowest BCUT2D eigenvalue weighted by Gasteiger charge is -2.42. The van der Waals surface area contributed by atoms with Crippen LogP contribution in [0.1, 0.15) is 113 Å². The molecule has 0 aliphatic carbocycles. The van der Waals surface area contributed by atoms with Gasteiger partial charge in [-0.25, -0.2) is 0 Å². The number of nitrogens with zero attached hydrogens (tertiary/aromatic N) is 2. The first-order valence-corrected chi connectivity index (χ1v) is 23.6. The summed E-state index contributed by atoms with van der Waals surface area (Å²) in [5, 5.41) is 15.4. The van der Waals surface area contributed by atoms with Gasteiger partial charge in [0.15, 0.2) is 0 Å². The molecular formula is C48H62N4O2S2. The molecule has 2 aromatic carbocycles. The Kier molecular flexibility index (Phi) is 13.1. The molecule has 8 atom stereocenters. The molecule has 8 heteroatoms. The molecule has 0 saturated carbocycles. The second-order valence-electron chi connectivity index (χ2n) is 17.3. The predicted octanol–water partition coefficient (Wildman–Crippen LogP) is 10.3. The summed E-state index contributed by atoms with van der Waals surface area (Å²) in [6.45, 7) is 1.55. The Hall–Kier alpha value is -3.30. The number of thiophene rings is 2. The summed E-state index contributed by atoms with van der Waals surface area (Å²) < 4.78 is 0. The van der Waals surface area contributed by atoms with Crippen LogP contribution < -0.4 is 10.6 Å². The largest absolute Gasteiger partial charge is 0.356 e. The van der Waals surface area contributed by atoms with Crippen molar-refractivity contribution in [2.75, 3.05) is 27.2 Å². The van der Waals surface area contributed by atoms with Crippen LogP contribution in [0.2, 0.25) is 0 Å². The van der Waals surface area contributed by atoms with Crippen LogP contribution in [0.3, 0.4) is 0 Å². The number of hydrogen-bond acceptors (Lipinski definition) is 6. The van der Waals surface area contributed by atoms with Crippen molar-refractivity contribution in [2.45, 2.75) is 126 Å². The Labute approximate surface area is 343 Å². The Balaban J connectivity index is 0.719. The Morgan fingerprint density at radius 3 is 1.30 bits per heavy atom. The summed E-state index contributed by atoms with van der Waals surface area (Å²) in [5.74, 6) is 1.12. The molecule has 4 bridgehead atoms. The van der Waals surface area contributed by atoms with Gasteiger partial charge in [0.25, 0.3) is 0 Å². The summed E-state index contributed by atoms with van der Waals surface area (Å²) in [4.78, 5) is 32.5. The number of fused-ring (bicyclic) bond motifs is 4. The number of carbonyl (C=O) groups is 2. The molecule has 2 aromatic heterocycles. The zero-order chi connectivity index (χ0) is 38.4. The van der Waals surface area contributed by atoms with Gasteiger partial charge in [0, 0.05) is 37.3 Å². The summed E-state index contributed by atoms with van der Waals surface area (Å²) in [5.41, 5.74) is 7.70. The smallest absolute Gasteiger partial charge is 0.225 e. The van der Waals surface area contributed by atoms with Gasteiger partial charge in [0.2, 0.25) is 11.8 Å². The molecule has 2 amide bonds. The maximum atomic E-state index is 13.8. The fourth-order valence-electron chi connectivity index (χ4n) is 11.0. The van der Waals surface area contributed by atoms with E-state index in [2.05, 4.69) is 117 Å². The quantitative estimate of drug-likeness (QED) is 0.105. The molecule has 0 radical (unpaired) electrons. The monoisotopic (exact) mass is 790 g/mol. The summed E-state index contributed by atoms with van der Waals surface area (Å²) in [6, 6.07) is 24.3. The molecule has 4 aliphatic rings. The van der Waals surface area contributed by atoms with E-state index in [1.807, 2.05) is 0 Å². The number of hydrogen-bond donors (Lipinski definition) is 2. The van der Waals surface area contributed by atoms with Gasteiger partial charge in [-0.3, -0.25) is 19.4 Å². The molecule has 298 valence electrons. The normalized spacial score (nSPS) is 27.4. The third-order valence-corrected chi connectivity index (χ3v) is 15.6. The van der Waals surface area contributed by atoms with Crippen molar-refractivity contribution in [3.05, 3.63) is 93.3 Å². The average Bonchev–Trinajstić information content (AvgIpc) is 4.03. The lowest BCUT2D eigenvalue weighted by molar-refractivity contribution is -0.130. The lowest BCUT2D eigenvalue weighted by Crippen LogP contribution is -2.51. The molecular weight excluding hydrogens is 729 g/mol. The minimum absolute atomic E-state index is 0.0186. The lowest BCUT2D eigenvalue weighted by atomic mass is 9.75. The highest BCUT2D eigenvalue weighted by Gasteiger charge is 2.50. The number of unbranched alkanes of at least 4 members (excludes halogenated alkanes) is 7. The van der Waals surface area contributed by atoms with E-state index < -0.39 is 0 Å². The summed E-state index contributed by atoms with van der Waals surface area (Å²) >= 11 is 3.47. The van der Waals surface area contributed by atoms with E-state index in [0.717, 1.165) is 64.5 Å². The number of benzene rings is 2. The van der Waals surface area contributed by atoms with Gasteiger partial charge in [-0.05, 0) is 144 Å². The van der Waals surface area contributed by atoms with Crippen LogP contribution >= 0.6 is 22.7 Å². The van der Waals surface area contributed by atoms with Crippen LogP contribution in [0.15, 0.2) is 82.2 Å². The molecule has 4 saturated heterocycles. The number of amides is 2. The van der Waals surface area contributed by atoms with Crippen LogP contribution in [-0.4, -0.2) is 73.0 Å². The van der Waals surface area contributed by atoms with Crippen molar-refractivity contribution < 1.29 is 9.59 Å². The highest BCUT2D eigenvalue weighted by Crippen LogP contribution is 2.48. The van der Waals surface area contributed by atoms with Crippen LogP contribution in [0.4, 0.5) is 0 Å². The summed E-state index contributed by atoms with van der Waals surface area (Å²) in [7, 11) is 4.47. The Morgan fingerprint density at radius 1 is 0.536 bits per heavy atom. The molecule has 4 aromatic rings. The standard InChI is InChI=1S/C48H62N4O2S2/c1-51-39-19-21-43(51)45(41(29-39)35-15-11-33(12-16-35)37-23-27-55-31-37)47(53)49-25-9-7-5-3-4-6-8-10-26-50-48(54)46-42(30-40-20-22-44(46)52(40)2)36-17-13-34(14-18-36)38-24-28-56-32-38/h11-18,23-24,27-28,31-32,39-46H,3-10,19-22,25-26,29-30H2,1-2H3,(H,49,53)(H,50,54)/t39?,40?,41-,42-,43?,44?,45-,46+/m1/s1. The second kappa shape index (κ2) is 18.5. The minimum atomic E-state index is 0.0186. The molecule has 4 unspecified atom stereocenters. The van der Waals surface area contributed by atoms with Gasteiger partial charge in [-0.15, -0.1) is 0 Å². The minimum Gasteiger partial charge on any atom is -0.356 e. The molecule has 8 rings (SSSR count). The highest BCUT2D eigenvalue weighted by atomic mass is 32.1. The van der Waals surface area contributed by atoms with Crippen molar-refractivity contribution in [3.63, 3.8) is 0 Å². The van der Waals surface area contributed by atoms with Crippen LogP contribution in [0.25, 0.3) is 22.3 Å². The zero-order valence-corrected chi connectivity index (χ0v) is 35.2. The first-order valence-electron chi connectivity index (χ1n) is 21.7. The summed E-state index contributed by atoms with van der Waals surface area (Å²) in [6.07, 6.45) is 16.1. The Morgan fingerprint density at radius 2 is 0.929 bits per heavy atom. The topological polar surface area (TPSA) is 64.7 Å². The highest BCUT2D eigenvalue weighted by molar-refractivity contribution is 7.08. The van der Waals surface area contributed by atoms with Crippen LogP contribution in [-0.2, 0) is 9.59 Å². The van der Waals surface area contributed by atoms with E-state index in [0.29, 0.717) is 24.2 Å². The van der Waals surface area contributed by atoms with E-state index in [1.165, 1.54) is 71.9 Å². The maximum absolute atomic E-state index is 13.8. The van der Waals surface area contributed by atoms with Crippen LogP contribution in [0, 0.1) is 11.8 Å². The van der Waals surface area contributed by atoms with Gasteiger partial charge in [0.05, 0.1) is 11.8 Å². The van der Waals surface area contributed by atoms with Gasteiger partial charge in [-0.1, -0.05) is 87.1 Å². The van der Waals surface area contributed by atoms with Crippen LogP contribution in [0.5, 0.6) is 0 Å². The van der Waals surface area contributed by atoms with E-state index >= 15 is 0 Å². The average molecular weight is 791 g/mol. The number of rotatable bonds is 17. The van der Waals surface area contributed by atoms with E-state index in [1.54, 1.807) is 22.7 Å². The maximum Gasteiger partial charge on any atom is 0.225 e. The van der Waals surface area contributed by atoms with Crippen molar-refractivity contribution >= 4 is 34.5 Å². The van der Waals surface area contributed by atoms with Crippen molar-refractivity contribution in [2.24, 2.45) is 11.8 Å². The van der Waals surface area contributed by atoms with Gasteiger partial charge >= 0.3 is 0 Å². The first-order chi connectivity index (χ1) is 27.5. The fraction of sp³-hybridized carbons (Fsp3) is 0.542. The van der Waals surface area contributed by atoms with E-state index in [-0.39, 0.29) is 35.5 Å². The van der Waals surface area contributed by atoms with Gasteiger partial charge in [-0.2, -0.15) is 22.7 Å². The van der Waals surface area contributed by atoms with Gasteiger partial charge in [0.1, 0.15) is 0 Å². The number of carbonyl (C=O) groups excluding carboxylic acids is 2. The molecule has 6 nitrogen and oxygen atoms in total. The fourth-order valence-corrected chi connectivity index (χ4v) is 12.3. The number of piperidine rings is 2. The van der Waals surface area contributed by atoms with Gasteiger partial charge < -0.3 is 10.6 Å². The second-order valence-corrected chi connectivity index (χ2v) is 18.9. The third-order valence-electron chi connectivity index (χ3n) is 14.2. The van der Waals surface area contributed by atoms with E-state index in [4.69, 9.17) is 0 Å². The van der Waals surface area contributed by atoms with Crippen molar-refractivity contribution in [3.8, 4) is 22.3 Å². The molecule has 2 N–H and O–H groups in total. The first kappa shape index (κ1) is 39.5. The molecule has 4 aliphatic heterocycles. The molecule has 56 heavy (non-hydrogen) atoms. The SMILES string of the molecule is CN1C2CCC1[C@@H](C(=O)NCCCCCCCCCCNC(=O)[C@H]1C3CCC(C[C@@H]1c1ccc(-c4ccsc4)cc1)N3C)[C@@H](c1ccc(-c3ccsc3)cc1)C2. The molecule has 4 fully saturated rings. The van der Waals surface area contributed by atoms with Crippen molar-refractivity contribution in [1.82, 2.24) is 20.4 Å². The Bertz CT molecular complexity index is 1710. The van der Waals surface area contributed by atoms with E-state index in [9.17, 15) is 9.59 Å². The third kappa shape index (κ3) is 8.74. The van der Waals surface area contributed by atoms with Crippen molar-refractivity contribution in [1.29, 1.82) is 0 Å². The molecule has 6 heterocycles. The predicted molar refractivity (Wildman–Crippen MR) is 233 cm³/mol. The number of nitrogens with one attached hydrogen (secondary N) is 2.